The maximum atomic E-state index is 13.1. The number of aromatic hydroxyl groups is 1. The van der Waals surface area contributed by atoms with Gasteiger partial charge in [-0.1, -0.05) is 41.4 Å². The van der Waals surface area contributed by atoms with Gasteiger partial charge in [0.05, 0.1) is 5.69 Å². The van der Waals surface area contributed by atoms with Gasteiger partial charge in [0.25, 0.3) is 11.8 Å². The SMILES string of the molecule is O=C1NC(=O)N(c2ccc(O)cc2)C(=O)/C1=C/c1cc(Cl)ccc1OCc1ccccc1Cl. The van der Waals surface area contributed by atoms with Crippen LogP contribution in [0.25, 0.3) is 6.08 Å². The van der Waals surface area contributed by atoms with Crippen LogP contribution in [0.4, 0.5) is 10.5 Å². The van der Waals surface area contributed by atoms with Crippen LogP contribution in [-0.4, -0.2) is 23.0 Å². The highest BCUT2D eigenvalue weighted by atomic mass is 35.5. The second-order valence-corrected chi connectivity index (χ2v) is 7.88. The average Bonchev–Trinajstić information content (AvgIpc) is 2.78. The lowest BCUT2D eigenvalue weighted by atomic mass is 10.1. The number of hydrogen-bond donors (Lipinski definition) is 2. The molecule has 0 unspecified atom stereocenters. The van der Waals surface area contributed by atoms with E-state index in [2.05, 4.69) is 5.32 Å². The van der Waals surface area contributed by atoms with Crippen molar-refractivity contribution in [1.82, 2.24) is 5.32 Å². The highest BCUT2D eigenvalue weighted by molar-refractivity contribution is 6.39. The van der Waals surface area contributed by atoms with Crippen LogP contribution >= 0.6 is 23.2 Å². The highest BCUT2D eigenvalue weighted by Gasteiger charge is 2.37. The van der Waals surface area contributed by atoms with E-state index >= 15 is 0 Å². The van der Waals surface area contributed by atoms with Crippen molar-refractivity contribution >= 4 is 52.8 Å². The molecule has 9 heteroatoms. The summed E-state index contributed by atoms with van der Waals surface area (Å²) >= 11 is 12.3. The maximum Gasteiger partial charge on any atom is 0.335 e. The second-order valence-electron chi connectivity index (χ2n) is 7.04. The number of imide groups is 2. The molecule has 1 saturated heterocycles. The summed E-state index contributed by atoms with van der Waals surface area (Å²) in [6, 6.07) is 16.5. The largest absolute Gasteiger partial charge is 0.508 e. The van der Waals surface area contributed by atoms with Gasteiger partial charge in [-0.2, -0.15) is 0 Å². The minimum absolute atomic E-state index is 0.0327. The lowest BCUT2D eigenvalue weighted by Crippen LogP contribution is -2.54. The van der Waals surface area contributed by atoms with Gasteiger partial charge in [0.15, 0.2) is 0 Å². The molecule has 0 aromatic heterocycles. The van der Waals surface area contributed by atoms with Crippen LogP contribution in [0.3, 0.4) is 0 Å². The molecule has 7 nitrogen and oxygen atoms in total. The summed E-state index contributed by atoms with van der Waals surface area (Å²) in [4.78, 5) is 38.7. The van der Waals surface area contributed by atoms with E-state index in [1.807, 2.05) is 12.1 Å². The lowest BCUT2D eigenvalue weighted by Gasteiger charge is -2.26. The van der Waals surface area contributed by atoms with E-state index in [-0.39, 0.29) is 23.6 Å². The first-order valence-corrected chi connectivity index (χ1v) is 10.5. The Bertz CT molecular complexity index is 1290. The topological polar surface area (TPSA) is 95.9 Å². The van der Waals surface area contributed by atoms with Gasteiger partial charge in [0.2, 0.25) is 0 Å². The smallest absolute Gasteiger partial charge is 0.335 e. The van der Waals surface area contributed by atoms with E-state index in [0.29, 0.717) is 21.4 Å². The minimum atomic E-state index is -0.894. The summed E-state index contributed by atoms with van der Waals surface area (Å²) in [5, 5.41) is 12.5. The van der Waals surface area contributed by atoms with Gasteiger partial charge in [-0.05, 0) is 54.6 Å². The number of urea groups is 1. The van der Waals surface area contributed by atoms with Crippen molar-refractivity contribution in [2.75, 3.05) is 4.90 Å². The molecule has 3 aromatic carbocycles. The Morgan fingerprint density at radius 2 is 1.70 bits per heavy atom. The Labute approximate surface area is 198 Å². The second kappa shape index (κ2) is 9.36. The molecule has 2 N–H and O–H groups in total. The zero-order chi connectivity index (χ0) is 23.5. The Balaban J connectivity index is 1.68. The molecule has 1 fully saturated rings. The normalized spacial score (nSPS) is 15.0. The first-order valence-electron chi connectivity index (χ1n) is 9.70. The molecule has 33 heavy (non-hydrogen) atoms. The number of nitrogens with one attached hydrogen (secondary N) is 1. The Morgan fingerprint density at radius 1 is 0.970 bits per heavy atom. The fourth-order valence-electron chi connectivity index (χ4n) is 3.18. The number of amides is 4. The van der Waals surface area contributed by atoms with E-state index in [1.54, 1.807) is 30.3 Å². The summed E-state index contributed by atoms with van der Waals surface area (Å²) < 4.78 is 5.88. The number of halogens is 2. The monoisotopic (exact) mass is 482 g/mol. The molecule has 0 aliphatic carbocycles. The third-order valence-electron chi connectivity index (χ3n) is 4.82. The summed E-state index contributed by atoms with van der Waals surface area (Å²) in [7, 11) is 0. The van der Waals surface area contributed by atoms with Crippen LogP contribution in [0.5, 0.6) is 11.5 Å². The van der Waals surface area contributed by atoms with E-state index in [0.717, 1.165) is 10.5 Å². The van der Waals surface area contributed by atoms with E-state index in [9.17, 15) is 19.5 Å². The van der Waals surface area contributed by atoms with Crippen LogP contribution in [0.2, 0.25) is 10.0 Å². The van der Waals surface area contributed by atoms with Gasteiger partial charge in [-0.15, -0.1) is 0 Å². The lowest BCUT2D eigenvalue weighted by molar-refractivity contribution is -0.122. The molecule has 0 atom stereocenters. The molecule has 0 spiro atoms. The molecule has 1 aliphatic rings. The third-order valence-corrected chi connectivity index (χ3v) is 5.43. The Hall–Kier alpha value is -3.81. The molecule has 4 rings (SSSR count). The molecular weight excluding hydrogens is 467 g/mol. The molecule has 0 radical (unpaired) electrons. The fraction of sp³-hybridized carbons (Fsp3) is 0.0417. The highest BCUT2D eigenvalue weighted by Crippen LogP contribution is 2.29. The zero-order valence-electron chi connectivity index (χ0n) is 16.9. The number of carbonyl (C=O) groups excluding carboxylic acids is 3. The van der Waals surface area contributed by atoms with Gasteiger partial charge in [0.1, 0.15) is 23.7 Å². The maximum absolute atomic E-state index is 13.1. The van der Waals surface area contributed by atoms with Crippen molar-refractivity contribution in [1.29, 1.82) is 0 Å². The predicted octanol–water partition coefficient (Wildman–Crippen LogP) is 4.94. The van der Waals surface area contributed by atoms with Gasteiger partial charge in [0, 0.05) is 21.2 Å². The summed E-state index contributed by atoms with van der Waals surface area (Å²) in [5.74, 6) is -1.35. The molecule has 1 heterocycles. The number of carbonyl (C=O) groups is 3. The van der Waals surface area contributed by atoms with Gasteiger partial charge in [-0.3, -0.25) is 14.9 Å². The molecule has 0 bridgehead atoms. The van der Waals surface area contributed by atoms with Crippen LogP contribution in [-0.2, 0) is 16.2 Å². The minimum Gasteiger partial charge on any atom is -0.508 e. The number of benzene rings is 3. The summed E-state index contributed by atoms with van der Waals surface area (Å²) in [6.45, 7) is 0.149. The molecule has 4 amide bonds. The standard InChI is InChI=1S/C24H16Cl2N2O5/c25-16-5-10-21(33-13-14-3-1-2-4-20(14)26)15(11-16)12-19-22(30)27-24(32)28(23(19)31)17-6-8-18(29)9-7-17/h1-12,29H,13H2,(H,27,30,32)/b19-12+. The van der Waals surface area contributed by atoms with Crippen LogP contribution in [0.15, 0.2) is 72.3 Å². The number of phenols is 1. The first-order chi connectivity index (χ1) is 15.8. The Morgan fingerprint density at radius 3 is 2.42 bits per heavy atom. The molecule has 166 valence electrons. The van der Waals surface area contributed by atoms with Gasteiger partial charge >= 0.3 is 6.03 Å². The number of phenolic OH excluding ortho intramolecular Hbond substituents is 1. The van der Waals surface area contributed by atoms with Gasteiger partial charge < -0.3 is 9.84 Å². The molecule has 0 saturated carbocycles. The number of nitrogens with zero attached hydrogens (tertiary/aromatic N) is 1. The number of rotatable bonds is 5. The van der Waals surface area contributed by atoms with Crippen molar-refractivity contribution in [3.63, 3.8) is 0 Å². The number of barbiturate groups is 1. The zero-order valence-corrected chi connectivity index (χ0v) is 18.4. The predicted molar refractivity (Wildman–Crippen MR) is 124 cm³/mol. The van der Waals surface area contributed by atoms with E-state index < -0.39 is 17.8 Å². The number of ether oxygens (including phenoxy) is 1. The van der Waals surface area contributed by atoms with Crippen LogP contribution in [0.1, 0.15) is 11.1 Å². The Kier molecular flexibility index (Phi) is 6.35. The van der Waals surface area contributed by atoms with Crippen LogP contribution < -0.4 is 15.0 Å². The van der Waals surface area contributed by atoms with Crippen LogP contribution in [0, 0.1) is 0 Å². The van der Waals surface area contributed by atoms with Crippen molar-refractivity contribution in [3.05, 3.63) is 93.5 Å². The van der Waals surface area contributed by atoms with E-state index in [4.69, 9.17) is 27.9 Å². The molecule has 1 aliphatic heterocycles. The first kappa shape index (κ1) is 22.4. The molecule has 3 aromatic rings. The quantitative estimate of drug-likeness (QED) is 0.396. The van der Waals surface area contributed by atoms with E-state index in [1.165, 1.54) is 30.3 Å². The van der Waals surface area contributed by atoms with Crippen molar-refractivity contribution in [2.24, 2.45) is 0 Å². The summed E-state index contributed by atoms with van der Waals surface area (Å²) in [5.41, 5.74) is 1.03. The van der Waals surface area contributed by atoms with Crippen molar-refractivity contribution in [2.45, 2.75) is 6.61 Å². The average molecular weight is 483 g/mol. The molecular formula is C24H16Cl2N2O5. The van der Waals surface area contributed by atoms with Gasteiger partial charge in [-0.25, -0.2) is 9.69 Å². The van der Waals surface area contributed by atoms with Crippen molar-refractivity contribution in [3.8, 4) is 11.5 Å². The van der Waals surface area contributed by atoms with Crippen molar-refractivity contribution < 1.29 is 24.2 Å². The number of hydrogen-bond acceptors (Lipinski definition) is 5. The fourth-order valence-corrected chi connectivity index (χ4v) is 3.55. The third kappa shape index (κ3) is 4.84. The summed E-state index contributed by atoms with van der Waals surface area (Å²) in [6.07, 6.45) is 1.31. The number of anilines is 1.